The highest BCUT2D eigenvalue weighted by molar-refractivity contribution is 5.83. The van der Waals surface area contributed by atoms with E-state index in [1.165, 1.54) is 0 Å². The van der Waals surface area contributed by atoms with Gasteiger partial charge in [-0.25, -0.2) is 9.97 Å². The number of fused-ring (bicyclic) bond motifs is 1. The number of nitrogens with zero attached hydrogens (tertiary/aromatic N) is 3. The van der Waals surface area contributed by atoms with Crippen LogP contribution in [0.5, 0.6) is 0 Å². The van der Waals surface area contributed by atoms with Crippen LogP contribution in [0.15, 0.2) is 48.8 Å². The summed E-state index contributed by atoms with van der Waals surface area (Å²) in [4.78, 5) is 23.3. The van der Waals surface area contributed by atoms with E-state index in [4.69, 9.17) is 0 Å². The molecule has 0 aliphatic heterocycles. The molecule has 0 fully saturated rings. The molecule has 4 heteroatoms. The molecule has 4 nitrogen and oxygen atoms in total. The van der Waals surface area contributed by atoms with Crippen LogP contribution < -0.4 is 0 Å². The summed E-state index contributed by atoms with van der Waals surface area (Å²) in [7, 11) is 0. The van der Waals surface area contributed by atoms with E-state index >= 15 is 0 Å². The van der Waals surface area contributed by atoms with Gasteiger partial charge in [0, 0.05) is 23.3 Å². The first kappa shape index (κ1) is 10.5. The van der Waals surface area contributed by atoms with E-state index in [-0.39, 0.29) is 0 Å². The van der Waals surface area contributed by atoms with Crippen molar-refractivity contribution in [3.8, 4) is 11.4 Å². The van der Waals surface area contributed by atoms with Crippen LogP contribution in [-0.2, 0) is 0 Å². The number of carbonyl (C=O) groups is 1. The number of hydrogen-bond acceptors (Lipinski definition) is 4. The second kappa shape index (κ2) is 4.33. The molecule has 0 aliphatic rings. The molecular weight excluding hydrogens is 226 g/mol. The van der Waals surface area contributed by atoms with Gasteiger partial charge in [-0.1, -0.05) is 6.07 Å². The monoisotopic (exact) mass is 235 g/mol. The minimum atomic E-state index is 0.381. The van der Waals surface area contributed by atoms with E-state index in [2.05, 4.69) is 15.0 Å². The lowest BCUT2D eigenvalue weighted by atomic mass is 10.1. The molecule has 2 aromatic heterocycles. The fraction of sp³-hybridized carbons (Fsp3) is 0. The Hall–Kier alpha value is -2.62. The summed E-state index contributed by atoms with van der Waals surface area (Å²) in [5.41, 5.74) is 2.18. The normalized spacial score (nSPS) is 10.4. The number of aldehydes is 1. The molecule has 0 amide bonds. The summed E-state index contributed by atoms with van der Waals surface area (Å²) < 4.78 is 0. The molecule has 0 atom stereocenters. The second-order valence-electron chi connectivity index (χ2n) is 3.83. The number of rotatable bonds is 2. The van der Waals surface area contributed by atoms with Crippen LogP contribution in [0.3, 0.4) is 0 Å². The van der Waals surface area contributed by atoms with Crippen LogP contribution in [0.1, 0.15) is 10.5 Å². The van der Waals surface area contributed by atoms with Crippen LogP contribution in [0, 0.1) is 0 Å². The van der Waals surface area contributed by atoms with Gasteiger partial charge in [0.25, 0.3) is 0 Å². The van der Waals surface area contributed by atoms with Gasteiger partial charge in [-0.2, -0.15) is 0 Å². The van der Waals surface area contributed by atoms with Gasteiger partial charge in [0.05, 0.1) is 5.52 Å². The lowest BCUT2D eigenvalue weighted by Gasteiger charge is -2.02. The fourth-order valence-corrected chi connectivity index (χ4v) is 1.79. The van der Waals surface area contributed by atoms with Crippen molar-refractivity contribution >= 4 is 17.2 Å². The Balaban J connectivity index is 2.15. The maximum atomic E-state index is 10.7. The van der Waals surface area contributed by atoms with Gasteiger partial charge < -0.3 is 0 Å². The third kappa shape index (κ3) is 1.84. The highest BCUT2D eigenvalue weighted by Crippen LogP contribution is 2.20. The average molecular weight is 235 g/mol. The van der Waals surface area contributed by atoms with E-state index < -0.39 is 0 Å². The Bertz CT molecular complexity index is 725. The lowest BCUT2D eigenvalue weighted by Crippen LogP contribution is -1.93. The highest BCUT2D eigenvalue weighted by atomic mass is 16.1. The Morgan fingerprint density at radius 2 is 1.94 bits per heavy atom. The topological polar surface area (TPSA) is 55.7 Å². The number of aromatic nitrogens is 3. The van der Waals surface area contributed by atoms with Crippen LogP contribution in [-0.4, -0.2) is 21.2 Å². The van der Waals surface area contributed by atoms with E-state index in [0.717, 1.165) is 16.5 Å². The Morgan fingerprint density at radius 1 is 1.00 bits per heavy atom. The minimum absolute atomic E-state index is 0.381. The van der Waals surface area contributed by atoms with Crippen molar-refractivity contribution < 1.29 is 4.79 Å². The van der Waals surface area contributed by atoms with Crippen molar-refractivity contribution in [2.24, 2.45) is 0 Å². The molecule has 0 spiro atoms. The maximum absolute atomic E-state index is 10.7. The quantitative estimate of drug-likeness (QED) is 0.640. The van der Waals surface area contributed by atoms with Crippen molar-refractivity contribution in [1.29, 1.82) is 0 Å². The van der Waals surface area contributed by atoms with Crippen LogP contribution in [0.4, 0.5) is 0 Å². The van der Waals surface area contributed by atoms with Gasteiger partial charge in [0.1, 0.15) is 5.69 Å². The van der Waals surface area contributed by atoms with Crippen molar-refractivity contribution in [3.05, 3.63) is 54.5 Å². The maximum Gasteiger partial charge on any atom is 0.168 e. The predicted octanol–water partition coefficient (Wildman–Crippen LogP) is 2.50. The first-order valence-electron chi connectivity index (χ1n) is 5.50. The Morgan fingerprint density at radius 3 is 2.83 bits per heavy atom. The third-order valence-corrected chi connectivity index (χ3v) is 2.66. The van der Waals surface area contributed by atoms with Crippen molar-refractivity contribution in [2.45, 2.75) is 0 Å². The summed E-state index contributed by atoms with van der Waals surface area (Å²) in [5, 5.41) is 1.02. The van der Waals surface area contributed by atoms with Gasteiger partial charge in [-0.15, -0.1) is 0 Å². The van der Waals surface area contributed by atoms with Gasteiger partial charge in [0.2, 0.25) is 0 Å². The molecule has 0 unspecified atom stereocenters. The molecule has 18 heavy (non-hydrogen) atoms. The van der Waals surface area contributed by atoms with Gasteiger partial charge in [-0.3, -0.25) is 9.78 Å². The van der Waals surface area contributed by atoms with Gasteiger partial charge in [0.15, 0.2) is 12.1 Å². The number of hydrogen-bond donors (Lipinski definition) is 0. The summed E-state index contributed by atoms with van der Waals surface area (Å²) in [6.07, 6.45) is 4.05. The summed E-state index contributed by atoms with van der Waals surface area (Å²) in [5.74, 6) is 0.547. The summed E-state index contributed by atoms with van der Waals surface area (Å²) >= 11 is 0. The van der Waals surface area contributed by atoms with Crippen molar-refractivity contribution in [3.63, 3.8) is 0 Å². The summed E-state index contributed by atoms with van der Waals surface area (Å²) in [6, 6.07) is 11.2. The SMILES string of the molecule is O=Cc1ccnc(-c2ccc3ncccc3c2)n1. The zero-order valence-electron chi connectivity index (χ0n) is 9.45. The third-order valence-electron chi connectivity index (χ3n) is 2.66. The molecule has 0 radical (unpaired) electrons. The molecule has 0 bridgehead atoms. The van der Waals surface area contributed by atoms with Gasteiger partial charge in [-0.05, 0) is 30.3 Å². The molecule has 0 aliphatic carbocycles. The first-order valence-corrected chi connectivity index (χ1v) is 5.50. The molecule has 0 N–H and O–H groups in total. The number of benzene rings is 1. The smallest absolute Gasteiger partial charge is 0.168 e. The Kier molecular flexibility index (Phi) is 2.53. The number of carbonyl (C=O) groups excluding carboxylic acids is 1. The highest BCUT2D eigenvalue weighted by Gasteiger charge is 2.03. The van der Waals surface area contributed by atoms with E-state index in [9.17, 15) is 4.79 Å². The zero-order valence-corrected chi connectivity index (χ0v) is 9.45. The lowest BCUT2D eigenvalue weighted by molar-refractivity contribution is 0.111. The van der Waals surface area contributed by atoms with Gasteiger partial charge >= 0.3 is 0 Å². The van der Waals surface area contributed by atoms with E-state index in [0.29, 0.717) is 17.8 Å². The molecule has 0 saturated carbocycles. The molecule has 3 aromatic rings. The predicted molar refractivity (Wildman–Crippen MR) is 68.2 cm³/mol. The Labute approximate surface area is 103 Å². The van der Waals surface area contributed by atoms with Crippen LogP contribution in [0.25, 0.3) is 22.3 Å². The molecule has 2 heterocycles. The average Bonchev–Trinajstić information content (AvgIpc) is 2.47. The molecule has 1 aromatic carbocycles. The van der Waals surface area contributed by atoms with Crippen LogP contribution in [0.2, 0.25) is 0 Å². The minimum Gasteiger partial charge on any atom is -0.296 e. The zero-order chi connectivity index (χ0) is 12.4. The fourth-order valence-electron chi connectivity index (χ4n) is 1.79. The van der Waals surface area contributed by atoms with Crippen LogP contribution >= 0.6 is 0 Å². The first-order chi connectivity index (χ1) is 8.86. The van der Waals surface area contributed by atoms with Crippen molar-refractivity contribution in [1.82, 2.24) is 15.0 Å². The number of pyridine rings is 1. The molecular formula is C14H9N3O. The molecule has 0 saturated heterocycles. The molecule has 3 rings (SSSR count). The molecule has 86 valence electrons. The van der Waals surface area contributed by atoms with E-state index in [1.54, 1.807) is 18.5 Å². The van der Waals surface area contributed by atoms with Crippen molar-refractivity contribution in [2.75, 3.05) is 0 Å². The second-order valence-corrected chi connectivity index (χ2v) is 3.83. The largest absolute Gasteiger partial charge is 0.296 e. The van der Waals surface area contributed by atoms with E-state index in [1.807, 2.05) is 30.3 Å². The summed E-state index contributed by atoms with van der Waals surface area (Å²) in [6.45, 7) is 0. The standard InChI is InChI=1S/C14H9N3O/c18-9-12-5-7-16-14(17-12)11-3-4-13-10(8-11)2-1-6-15-13/h1-9H.